The van der Waals surface area contributed by atoms with E-state index in [1.54, 1.807) is 19.2 Å². The van der Waals surface area contributed by atoms with Crippen LogP contribution in [0.3, 0.4) is 0 Å². The molecule has 0 bridgehead atoms. The first-order valence-electron chi connectivity index (χ1n) is 5.77. The molecule has 1 aliphatic heterocycles. The average Bonchev–Trinajstić information content (AvgIpc) is 2.42. The minimum Gasteiger partial charge on any atom is -0.369 e. The van der Waals surface area contributed by atoms with Gasteiger partial charge in [0.25, 0.3) is 0 Å². The highest BCUT2D eigenvalue weighted by Crippen LogP contribution is 2.31. The number of hydrogen-bond acceptors (Lipinski definition) is 5. The number of aliphatic imine (C=N–C) groups is 2. The number of benzene rings is 2. The summed E-state index contributed by atoms with van der Waals surface area (Å²) >= 11 is 0. The largest absolute Gasteiger partial charge is 0.369 e. The third-order valence-electron chi connectivity index (χ3n) is 2.53. The van der Waals surface area contributed by atoms with Gasteiger partial charge in [0.2, 0.25) is 0 Å². The van der Waals surface area contributed by atoms with Gasteiger partial charge in [-0.05, 0) is 24.3 Å². The zero-order valence-corrected chi connectivity index (χ0v) is 10.3. The van der Waals surface area contributed by atoms with E-state index in [-0.39, 0.29) is 0 Å². The third-order valence-corrected chi connectivity index (χ3v) is 2.53. The van der Waals surface area contributed by atoms with Gasteiger partial charge in [0.1, 0.15) is 17.4 Å². The fraction of sp³-hybridized carbons (Fsp3) is 0.0714. The van der Waals surface area contributed by atoms with Crippen LogP contribution in [0.5, 0.6) is 11.5 Å². The average molecular weight is 253 g/mol. The summed E-state index contributed by atoms with van der Waals surface area (Å²) < 4.78 is 0. The number of nitrogens with zero attached hydrogens (tertiary/aromatic N) is 3. The Hall–Kier alpha value is -2.62. The molecule has 0 saturated heterocycles. The van der Waals surface area contributed by atoms with Crippen molar-refractivity contribution in [3.05, 3.63) is 48.5 Å². The van der Waals surface area contributed by atoms with Crippen LogP contribution >= 0.6 is 0 Å². The van der Waals surface area contributed by atoms with Crippen LogP contribution in [0.1, 0.15) is 0 Å². The first kappa shape index (κ1) is 11.5. The molecule has 19 heavy (non-hydrogen) atoms. The summed E-state index contributed by atoms with van der Waals surface area (Å²) in [4.78, 5) is 19.4. The lowest BCUT2D eigenvalue weighted by Gasteiger charge is -2.19. The van der Waals surface area contributed by atoms with Crippen molar-refractivity contribution in [1.82, 2.24) is 5.23 Å². The van der Waals surface area contributed by atoms with Crippen molar-refractivity contribution in [3.8, 4) is 11.5 Å². The zero-order valence-electron chi connectivity index (χ0n) is 10.3. The second-order valence-electron chi connectivity index (χ2n) is 3.88. The van der Waals surface area contributed by atoms with Gasteiger partial charge in [0, 0.05) is 5.23 Å². The van der Waals surface area contributed by atoms with Gasteiger partial charge in [-0.1, -0.05) is 24.3 Å². The summed E-state index contributed by atoms with van der Waals surface area (Å²) in [5.41, 5.74) is 1.28. The van der Waals surface area contributed by atoms with E-state index in [2.05, 4.69) is 16.0 Å². The fourth-order valence-corrected chi connectivity index (χ4v) is 1.68. The van der Waals surface area contributed by atoms with Gasteiger partial charge in [-0.2, -0.15) is 9.98 Å². The predicted molar refractivity (Wildman–Crippen MR) is 71.1 cm³/mol. The van der Waals surface area contributed by atoms with Crippen molar-refractivity contribution in [2.45, 2.75) is 0 Å². The van der Waals surface area contributed by atoms with E-state index in [1.165, 1.54) is 5.23 Å². The maximum atomic E-state index is 5.56. The Morgan fingerprint density at radius 2 is 1.32 bits per heavy atom. The minimum atomic E-state index is 0.576. The topological polar surface area (TPSA) is 46.4 Å². The first-order valence-corrected chi connectivity index (χ1v) is 5.77. The first-order chi connectivity index (χ1) is 9.33. The number of fused-ring (bicyclic) bond motifs is 2. The smallest absolute Gasteiger partial charge is 0.178 e. The molecule has 0 N–H and O–H groups in total. The van der Waals surface area contributed by atoms with Crippen molar-refractivity contribution >= 4 is 17.4 Å². The summed E-state index contributed by atoms with van der Waals surface area (Å²) in [6.45, 7) is 0. The summed E-state index contributed by atoms with van der Waals surface area (Å²) in [6, 6.07) is 17.3. The summed E-state index contributed by atoms with van der Waals surface area (Å²) in [6.07, 6.45) is 0. The molecule has 0 fully saturated rings. The lowest BCUT2D eigenvalue weighted by molar-refractivity contribution is -0.235. The quantitative estimate of drug-likeness (QED) is 0.723. The molecule has 2 aromatic rings. The van der Waals surface area contributed by atoms with Gasteiger partial charge in [-0.25, -0.2) is 0 Å². The standard InChI is InChI=1S/C14H11N3O2/c1-17-18-13-8-4-2-6-11(13)15-10-16-12-7-3-5-9-14(12)19-17/h2-9H,1H3. The van der Waals surface area contributed by atoms with Crippen molar-refractivity contribution in [2.24, 2.45) is 9.98 Å². The molecule has 2 aromatic carbocycles. The maximum absolute atomic E-state index is 5.56. The lowest BCUT2D eigenvalue weighted by atomic mass is 10.3. The molecular formula is C14H11N3O2. The second kappa shape index (κ2) is 4.94. The van der Waals surface area contributed by atoms with Gasteiger partial charge in [-0.3, -0.25) is 0 Å². The Labute approximate surface area is 110 Å². The fourth-order valence-electron chi connectivity index (χ4n) is 1.68. The monoisotopic (exact) mass is 253 g/mol. The van der Waals surface area contributed by atoms with E-state index in [1.807, 2.05) is 36.4 Å². The van der Waals surface area contributed by atoms with Crippen LogP contribution in [0, 0.1) is 0 Å². The minimum absolute atomic E-state index is 0.576. The Kier molecular flexibility index (Phi) is 2.98. The van der Waals surface area contributed by atoms with Crippen LogP contribution in [0.15, 0.2) is 58.5 Å². The van der Waals surface area contributed by atoms with Gasteiger partial charge >= 0.3 is 0 Å². The molecule has 0 aromatic heterocycles. The molecular weight excluding hydrogens is 242 g/mol. The van der Waals surface area contributed by atoms with Gasteiger partial charge in [0.05, 0.1) is 7.05 Å². The van der Waals surface area contributed by atoms with Crippen LogP contribution in [-0.2, 0) is 0 Å². The molecule has 3 rings (SSSR count). The van der Waals surface area contributed by atoms with Gasteiger partial charge in [-0.15, -0.1) is 0 Å². The Balaban J connectivity index is 2.11. The molecule has 0 saturated carbocycles. The van der Waals surface area contributed by atoms with Crippen molar-refractivity contribution in [3.63, 3.8) is 0 Å². The van der Waals surface area contributed by atoms with Crippen LogP contribution in [0.4, 0.5) is 11.4 Å². The molecule has 0 radical (unpaired) electrons. The van der Waals surface area contributed by atoms with E-state index < -0.39 is 0 Å². The molecule has 1 aliphatic rings. The summed E-state index contributed by atoms with van der Waals surface area (Å²) in [5.74, 6) is 1.15. The highest BCUT2D eigenvalue weighted by atomic mass is 16.9. The maximum Gasteiger partial charge on any atom is 0.178 e. The molecule has 94 valence electrons. The summed E-state index contributed by atoms with van der Waals surface area (Å²) in [7, 11) is 1.67. The van der Waals surface area contributed by atoms with Crippen LogP contribution in [-0.4, -0.2) is 18.3 Å². The van der Waals surface area contributed by atoms with E-state index in [0.717, 1.165) is 0 Å². The predicted octanol–water partition coefficient (Wildman–Crippen LogP) is 3.36. The van der Waals surface area contributed by atoms with E-state index in [0.29, 0.717) is 22.9 Å². The third kappa shape index (κ3) is 2.47. The van der Waals surface area contributed by atoms with Crippen LogP contribution < -0.4 is 9.68 Å². The molecule has 0 atom stereocenters. The van der Waals surface area contributed by atoms with Crippen molar-refractivity contribution in [1.29, 1.82) is 0 Å². The molecule has 0 unspecified atom stereocenters. The van der Waals surface area contributed by atoms with E-state index >= 15 is 0 Å². The zero-order chi connectivity index (χ0) is 13.1. The number of rotatable bonds is 0. The normalized spacial score (nSPS) is 13.9. The van der Waals surface area contributed by atoms with Gasteiger partial charge < -0.3 is 9.68 Å². The van der Waals surface area contributed by atoms with Crippen LogP contribution in [0.2, 0.25) is 0 Å². The Bertz CT molecular complexity index is 610. The molecule has 0 spiro atoms. The Morgan fingerprint density at radius 1 is 0.842 bits per heavy atom. The van der Waals surface area contributed by atoms with E-state index in [4.69, 9.17) is 9.68 Å². The molecule has 0 aliphatic carbocycles. The molecule has 5 heteroatoms. The molecule has 1 heterocycles. The van der Waals surface area contributed by atoms with Crippen LogP contribution in [0.25, 0.3) is 0 Å². The molecule has 0 amide bonds. The number of hydrogen-bond donors (Lipinski definition) is 0. The lowest BCUT2D eigenvalue weighted by Crippen LogP contribution is -2.26. The SMILES string of the molecule is CN1Oc2ccccc2N=C=Nc2ccccc2O1. The highest BCUT2D eigenvalue weighted by Gasteiger charge is 2.11. The van der Waals surface area contributed by atoms with Crippen molar-refractivity contribution in [2.75, 3.05) is 7.05 Å². The molecule has 5 nitrogen and oxygen atoms in total. The number of para-hydroxylation sites is 4. The number of hydroxylamine groups is 2. The van der Waals surface area contributed by atoms with E-state index in [9.17, 15) is 0 Å². The van der Waals surface area contributed by atoms with Gasteiger partial charge in [0.15, 0.2) is 11.5 Å². The second-order valence-corrected chi connectivity index (χ2v) is 3.88. The van der Waals surface area contributed by atoms with Crippen molar-refractivity contribution < 1.29 is 9.68 Å². The highest BCUT2D eigenvalue weighted by molar-refractivity contribution is 5.64. The summed E-state index contributed by atoms with van der Waals surface area (Å²) in [5, 5.41) is 1.27. The Morgan fingerprint density at radius 3 is 1.84 bits per heavy atom.